The van der Waals surface area contributed by atoms with Gasteiger partial charge in [0.2, 0.25) is 0 Å². The van der Waals surface area contributed by atoms with Gasteiger partial charge in [0.15, 0.2) is 5.65 Å². The average Bonchev–Trinajstić information content (AvgIpc) is 2.86. The Morgan fingerprint density at radius 1 is 0.892 bits per heavy atom. The van der Waals surface area contributed by atoms with E-state index in [9.17, 15) is 26.3 Å². The summed E-state index contributed by atoms with van der Waals surface area (Å²) in [7, 11) is 1.51. The highest BCUT2D eigenvalue weighted by molar-refractivity contribution is 5.87. The first kappa shape index (κ1) is 25.9. The number of hydrogen-bond acceptors (Lipinski definition) is 9. The molecule has 0 saturated heterocycles. The van der Waals surface area contributed by atoms with E-state index < -0.39 is 29.2 Å². The number of rotatable bonds is 8. The summed E-state index contributed by atoms with van der Waals surface area (Å²) in [6.07, 6.45) is -5.66. The molecule has 15 heteroatoms. The molecule has 0 bridgehead atoms. The van der Waals surface area contributed by atoms with Gasteiger partial charge in [-0.1, -0.05) is 0 Å². The van der Waals surface area contributed by atoms with Crippen LogP contribution in [0.1, 0.15) is 17.5 Å². The van der Waals surface area contributed by atoms with E-state index >= 15 is 0 Å². The van der Waals surface area contributed by atoms with Crippen molar-refractivity contribution in [2.75, 3.05) is 30.9 Å². The summed E-state index contributed by atoms with van der Waals surface area (Å²) >= 11 is 0. The minimum absolute atomic E-state index is 0.0221. The molecule has 194 valence electrons. The second-order valence-electron chi connectivity index (χ2n) is 7.60. The maximum atomic E-state index is 13.8. The maximum Gasteiger partial charge on any atom is 0.418 e. The molecule has 4 aromatic rings. The summed E-state index contributed by atoms with van der Waals surface area (Å²) in [6.45, 7) is 0.762. The van der Waals surface area contributed by atoms with Gasteiger partial charge in [-0.2, -0.15) is 26.3 Å². The van der Waals surface area contributed by atoms with Gasteiger partial charge in [0, 0.05) is 32.7 Å². The predicted octanol–water partition coefficient (Wildman–Crippen LogP) is 5.11. The van der Waals surface area contributed by atoms with Crippen LogP contribution in [-0.4, -0.2) is 50.4 Å². The summed E-state index contributed by atoms with van der Waals surface area (Å²) in [5.74, 6) is 0.0276. The highest BCUT2D eigenvalue weighted by atomic mass is 19.4. The monoisotopic (exact) mass is 524 g/mol. The van der Waals surface area contributed by atoms with Crippen LogP contribution in [0.15, 0.2) is 42.9 Å². The Balaban J connectivity index is 1.64. The molecule has 0 atom stereocenters. The van der Waals surface area contributed by atoms with Crippen molar-refractivity contribution in [3.63, 3.8) is 0 Å². The lowest BCUT2D eigenvalue weighted by Gasteiger charge is -2.14. The first-order valence-electron chi connectivity index (χ1n) is 10.7. The molecule has 2 N–H and O–H groups in total. The van der Waals surface area contributed by atoms with Gasteiger partial charge in [-0.25, -0.2) is 19.9 Å². The van der Waals surface area contributed by atoms with Gasteiger partial charge in [-0.3, -0.25) is 0 Å². The van der Waals surface area contributed by atoms with Crippen molar-refractivity contribution in [1.29, 1.82) is 0 Å². The Kier molecular flexibility index (Phi) is 7.33. The molecular formula is C22H18F6N8O. The van der Waals surface area contributed by atoms with Gasteiger partial charge in [0.05, 0.1) is 23.0 Å². The second kappa shape index (κ2) is 10.5. The summed E-state index contributed by atoms with van der Waals surface area (Å²) in [6, 6.07) is 4.30. The van der Waals surface area contributed by atoms with Crippen LogP contribution in [0.25, 0.3) is 22.6 Å². The van der Waals surface area contributed by atoms with Crippen LogP contribution in [0.3, 0.4) is 0 Å². The third kappa shape index (κ3) is 6.17. The number of nitrogens with one attached hydrogen (secondary N) is 2. The van der Waals surface area contributed by atoms with Crippen LogP contribution in [-0.2, 0) is 17.1 Å². The fraction of sp³-hybridized carbons (Fsp3) is 0.273. The lowest BCUT2D eigenvalue weighted by Crippen LogP contribution is -2.13. The molecule has 37 heavy (non-hydrogen) atoms. The fourth-order valence-electron chi connectivity index (χ4n) is 3.23. The molecule has 0 saturated carbocycles. The molecule has 0 aliphatic rings. The smallest absolute Gasteiger partial charge is 0.385 e. The highest BCUT2D eigenvalue weighted by Gasteiger charge is 2.36. The summed E-state index contributed by atoms with van der Waals surface area (Å²) in [4.78, 5) is 16.1. The van der Waals surface area contributed by atoms with E-state index in [1.165, 1.54) is 19.4 Å². The molecule has 4 rings (SSSR count). The summed E-state index contributed by atoms with van der Waals surface area (Å²) < 4.78 is 84.6. The normalized spacial score (nSPS) is 12.1. The van der Waals surface area contributed by atoms with Gasteiger partial charge in [0.1, 0.15) is 28.5 Å². The third-order valence-electron chi connectivity index (χ3n) is 4.97. The van der Waals surface area contributed by atoms with E-state index in [0.717, 1.165) is 24.4 Å². The zero-order valence-corrected chi connectivity index (χ0v) is 19.0. The molecular weight excluding hydrogens is 506 g/mol. The fourth-order valence-corrected chi connectivity index (χ4v) is 3.23. The van der Waals surface area contributed by atoms with Crippen molar-refractivity contribution in [3.8, 4) is 11.4 Å². The largest absolute Gasteiger partial charge is 0.418 e. The number of nitrogens with zero attached hydrogens (tertiary/aromatic N) is 6. The number of fused-ring (bicyclic) bond motifs is 1. The molecule has 0 aliphatic carbocycles. The van der Waals surface area contributed by atoms with Crippen LogP contribution < -0.4 is 10.6 Å². The van der Waals surface area contributed by atoms with Crippen LogP contribution >= 0.6 is 0 Å². The molecule has 0 aromatic carbocycles. The van der Waals surface area contributed by atoms with Gasteiger partial charge >= 0.3 is 12.4 Å². The molecule has 4 heterocycles. The van der Waals surface area contributed by atoms with Crippen LogP contribution in [0.2, 0.25) is 0 Å². The Morgan fingerprint density at radius 2 is 1.70 bits per heavy atom. The first-order chi connectivity index (χ1) is 17.6. The highest BCUT2D eigenvalue weighted by Crippen LogP contribution is 2.36. The molecule has 0 aliphatic heterocycles. The lowest BCUT2D eigenvalue weighted by molar-refractivity contribution is -0.138. The number of pyridine rings is 2. The van der Waals surface area contributed by atoms with Crippen molar-refractivity contribution in [2.45, 2.75) is 18.8 Å². The van der Waals surface area contributed by atoms with E-state index in [-0.39, 0.29) is 34.2 Å². The molecule has 0 fully saturated rings. The number of hydrogen-bond donors (Lipinski definition) is 2. The first-order valence-corrected chi connectivity index (χ1v) is 10.7. The van der Waals surface area contributed by atoms with E-state index in [4.69, 9.17) is 4.74 Å². The summed E-state index contributed by atoms with van der Waals surface area (Å²) in [5.41, 5.74) is -2.30. The zero-order valence-electron chi connectivity index (χ0n) is 19.0. The lowest BCUT2D eigenvalue weighted by atomic mass is 10.1. The topological polar surface area (TPSA) is 111 Å². The average molecular weight is 524 g/mol. The van der Waals surface area contributed by atoms with Crippen LogP contribution in [0.4, 0.5) is 43.7 Å². The molecule has 0 unspecified atom stereocenters. The maximum absolute atomic E-state index is 13.8. The van der Waals surface area contributed by atoms with E-state index in [1.807, 2.05) is 0 Å². The predicted molar refractivity (Wildman–Crippen MR) is 121 cm³/mol. The Labute approximate surface area is 205 Å². The second-order valence-corrected chi connectivity index (χ2v) is 7.60. The number of alkyl halides is 6. The zero-order chi connectivity index (χ0) is 26.6. The van der Waals surface area contributed by atoms with Gasteiger partial charge < -0.3 is 15.4 Å². The standard InChI is InChI=1S/C22H18F6N8O/c1-37-8-2-6-29-17-9-13(22(26,27)28)18(36-35-17)15-11-32-19-14(5-7-30-20(19)34-15)33-16-4-3-12(10-31-16)21(23,24)25/h3-5,7,9-11H,2,6,8H2,1H3,(H,29,35)(H,30,31,33,34). The summed E-state index contributed by atoms with van der Waals surface area (Å²) in [5, 5.41) is 13.1. The molecule has 0 radical (unpaired) electrons. The van der Waals surface area contributed by atoms with Crippen molar-refractivity contribution >= 4 is 28.5 Å². The van der Waals surface area contributed by atoms with Gasteiger partial charge in [-0.05, 0) is 30.7 Å². The van der Waals surface area contributed by atoms with Crippen molar-refractivity contribution < 1.29 is 31.1 Å². The Morgan fingerprint density at radius 3 is 2.38 bits per heavy atom. The number of ether oxygens (including phenoxy) is 1. The van der Waals surface area contributed by atoms with Crippen molar-refractivity contribution in [1.82, 2.24) is 30.1 Å². The number of aromatic nitrogens is 6. The van der Waals surface area contributed by atoms with E-state index in [0.29, 0.717) is 25.8 Å². The minimum atomic E-state index is -4.75. The van der Waals surface area contributed by atoms with Crippen molar-refractivity contribution in [3.05, 3.63) is 54.0 Å². The number of methoxy groups -OCH3 is 1. The Hall–Kier alpha value is -4.14. The molecule has 4 aromatic heterocycles. The van der Waals surface area contributed by atoms with E-state index in [1.54, 1.807) is 0 Å². The van der Waals surface area contributed by atoms with Crippen LogP contribution in [0.5, 0.6) is 0 Å². The third-order valence-corrected chi connectivity index (χ3v) is 4.97. The van der Waals surface area contributed by atoms with Gasteiger partial charge in [-0.15, -0.1) is 10.2 Å². The SMILES string of the molecule is COCCCNc1cc(C(F)(F)F)c(-c2cnc3c(Nc4ccc(C(F)(F)F)cn4)ccnc3n2)nn1. The Bertz CT molecular complexity index is 1380. The van der Waals surface area contributed by atoms with Gasteiger partial charge in [0.25, 0.3) is 0 Å². The minimum Gasteiger partial charge on any atom is -0.385 e. The quantitative estimate of drug-likeness (QED) is 0.240. The molecule has 9 nitrogen and oxygen atoms in total. The van der Waals surface area contributed by atoms with Crippen molar-refractivity contribution in [2.24, 2.45) is 0 Å². The molecule has 0 amide bonds. The number of anilines is 3. The van der Waals surface area contributed by atoms with E-state index in [2.05, 4.69) is 40.8 Å². The van der Waals surface area contributed by atoms with Crippen LogP contribution in [0, 0.1) is 0 Å². The number of halogens is 6. The molecule has 0 spiro atoms.